The summed E-state index contributed by atoms with van der Waals surface area (Å²) in [7, 11) is 1.93. The van der Waals surface area contributed by atoms with Crippen molar-refractivity contribution in [1.29, 1.82) is 5.41 Å². The summed E-state index contributed by atoms with van der Waals surface area (Å²) in [6.45, 7) is 6.94. The van der Waals surface area contributed by atoms with Gasteiger partial charge in [0, 0.05) is 26.1 Å². The quantitative estimate of drug-likeness (QED) is 0.460. The maximum Gasteiger partial charge on any atom is 0.0955 e. The molecular weight excluding hydrogens is 138 g/mol. The van der Waals surface area contributed by atoms with Gasteiger partial charge in [-0.2, -0.15) is 0 Å². The third-order valence-corrected chi connectivity index (χ3v) is 1.73. The normalized spacial score (nSPS) is 9.73. The first-order valence-corrected chi connectivity index (χ1v) is 4.23. The van der Waals surface area contributed by atoms with Crippen molar-refractivity contribution in [2.24, 2.45) is 0 Å². The average Bonchev–Trinajstić information content (AvgIpc) is 2.05. The molecule has 0 aliphatic heterocycles. The van der Waals surface area contributed by atoms with E-state index >= 15 is 0 Å². The topological polar surface area (TPSA) is 39.1 Å². The molecule has 0 saturated carbocycles. The van der Waals surface area contributed by atoms with Crippen LogP contribution in [0.1, 0.15) is 20.3 Å². The van der Waals surface area contributed by atoms with Crippen LogP contribution >= 0.6 is 0 Å². The zero-order valence-corrected chi connectivity index (χ0v) is 7.78. The van der Waals surface area contributed by atoms with Crippen molar-refractivity contribution in [1.82, 2.24) is 10.2 Å². The van der Waals surface area contributed by atoms with E-state index in [-0.39, 0.29) is 0 Å². The summed E-state index contributed by atoms with van der Waals surface area (Å²) in [6.07, 6.45) is 0.831. The second-order valence-corrected chi connectivity index (χ2v) is 2.48. The van der Waals surface area contributed by atoms with E-state index in [1.165, 1.54) is 0 Å². The van der Waals surface area contributed by atoms with Crippen molar-refractivity contribution in [2.45, 2.75) is 20.3 Å². The Labute approximate surface area is 69.3 Å². The van der Waals surface area contributed by atoms with Gasteiger partial charge in [0.1, 0.15) is 0 Å². The maximum absolute atomic E-state index is 7.57. The first-order chi connectivity index (χ1) is 5.26. The van der Waals surface area contributed by atoms with Crippen LogP contribution in [0.2, 0.25) is 0 Å². The molecule has 0 spiro atoms. The predicted octanol–water partition coefficient (Wildman–Crippen LogP) is 0.915. The van der Waals surface area contributed by atoms with Gasteiger partial charge in [0.2, 0.25) is 0 Å². The molecule has 0 fully saturated rings. The summed E-state index contributed by atoms with van der Waals surface area (Å²) in [6, 6.07) is 0. The largest absolute Gasteiger partial charge is 0.360 e. The molecule has 0 radical (unpaired) electrons. The van der Waals surface area contributed by atoms with Crippen LogP contribution in [0.25, 0.3) is 0 Å². The average molecular weight is 157 g/mol. The molecule has 66 valence electrons. The minimum Gasteiger partial charge on any atom is -0.360 e. The van der Waals surface area contributed by atoms with Crippen LogP contribution < -0.4 is 5.32 Å². The molecule has 3 nitrogen and oxygen atoms in total. The number of hydrogen-bond acceptors (Lipinski definition) is 2. The molecule has 0 amide bonds. The maximum atomic E-state index is 7.57. The molecule has 0 rings (SSSR count). The highest BCUT2D eigenvalue weighted by Crippen LogP contribution is 1.92. The Kier molecular flexibility index (Phi) is 5.84. The van der Waals surface area contributed by atoms with Crippen molar-refractivity contribution >= 4 is 5.84 Å². The van der Waals surface area contributed by atoms with Gasteiger partial charge < -0.3 is 10.2 Å². The van der Waals surface area contributed by atoms with E-state index in [9.17, 15) is 0 Å². The van der Waals surface area contributed by atoms with E-state index < -0.39 is 0 Å². The second kappa shape index (κ2) is 6.16. The van der Waals surface area contributed by atoms with Crippen molar-refractivity contribution in [3.63, 3.8) is 0 Å². The van der Waals surface area contributed by atoms with Crippen LogP contribution in [-0.2, 0) is 0 Å². The SMILES string of the molecule is CCC(=N)N(CC)CCNC. The Bertz CT molecular complexity index is 112. The molecule has 11 heavy (non-hydrogen) atoms. The van der Waals surface area contributed by atoms with Gasteiger partial charge in [0.05, 0.1) is 5.84 Å². The molecule has 0 aliphatic rings. The van der Waals surface area contributed by atoms with Gasteiger partial charge in [0.15, 0.2) is 0 Å². The summed E-state index contributed by atoms with van der Waals surface area (Å²) in [5, 5.41) is 10.6. The molecule has 0 aromatic rings. The second-order valence-electron chi connectivity index (χ2n) is 2.48. The zero-order valence-electron chi connectivity index (χ0n) is 7.78. The smallest absolute Gasteiger partial charge is 0.0955 e. The molecule has 0 saturated heterocycles. The third-order valence-electron chi connectivity index (χ3n) is 1.73. The number of likely N-dealkylation sites (N-methyl/N-ethyl adjacent to an activating group) is 2. The lowest BCUT2D eigenvalue weighted by molar-refractivity contribution is 0.427. The first-order valence-electron chi connectivity index (χ1n) is 4.23. The standard InChI is InChI=1S/C8H19N3/c1-4-8(9)11(5-2)7-6-10-3/h9-10H,4-7H2,1-3H3. The molecule has 3 heteroatoms. The highest BCUT2D eigenvalue weighted by atomic mass is 15.2. The fourth-order valence-corrected chi connectivity index (χ4v) is 0.954. The highest BCUT2D eigenvalue weighted by Gasteiger charge is 2.02. The van der Waals surface area contributed by atoms with E-state index in [0.29, 0.717) is 0 Å². The lowest BCUT2D eigenvalue weighted by Crippen LogP contribution is -2.35. The van der Waals surface area contributed by atoms with Gasteiger partial charge in [-0.3, -0.25) is 5.41 Å². The van der Waals surface area contributed by atoms with E-state index in [1.807, 2.05) is 14.0 Å². The van der Waals surface area contributed by atoms with Gasteiger partial charge in [-0.15, -0.1) is 0 Å². The molecule has 0 heterocycles. The Balaban J connectivity index is 3.65. The van der Waals surface area contributed by atoms with Crippen LogP contribution in [0.3, 0.4) is 0 Å². The van der Waals surface area contributed by atoms with Crippen LogP contribution in [0.5, 0.6) is 0 Å². The van der Waals surface area contributed by atoms with Crippen LogP contribution in [0.15, 0.2) is 0 Å². The number of nitrogens with zero attached hydrogens (tertiary/aromatic N) is 1. The van der Waals surface area contributed by atoms with E-state index in [4.69, 9.17) is 5.41 Å². The minimum atomic E-state index is 0.739. The predicted molar refractivity (Wildman–Crippen MR) is 49.2 cm³/mol. The lowest BCUT2D eigenvalue weighted by atomic mass is 10.3. The summed E-state index contributed by atoms with van der Waals surface area (Å²) in [4.78, 5) is 2.08. The Morgan fingerprint density at radius 3 is 2.45 bits per heavy atom. The Morgan fingerprint density at radius 2 is 2.09 bits per heavy atom. The van der Waals surface area contributed by atoms with Gasteiger partial charge in [0.25, 0.3) is 0 Å². The zero-order chi connectivity index (χ0) is 8.69. The monoisotopic (exact) mass is 157 g/mol. The Morgan fingerprint density at radius 1 is 1.45 bits per heavy atom. The Hall–Kier alpha value is -0.570. The number of rotatable bonds is 5. The molecule has 0 aliphatic carbocycles. The lowest BCUT2D eigenvalue weighted by Gasteiger charge is -2.22. The molecule has 2 N–H and O–H groups in total. The highest BCUT2D eigenvalue weighted by molar-refractivity contribution is 5.78. The van der Waals surface area contributed by atoms with Crippen molar-refractivity contribution in [2.75, 3.05) is 26.7 Å². The molecule has 0 aromatic carbocycles. The summed E-state index contributed by atoms with van der Waals surface area (Å²) in [5.41, 5.74) is 0. The molecule has 0 atom stereocenters. The van der Waals surface area contributed by atoms with E-state index in [2.05, 4.69) is 17.1 Å². The summed E-state index contributed by atoms with van der Waals surface area (Å²) < 4.78 is 0. The van der Waals surface area contributed by atoms with Crippen LogP contribution in [-0.4, -0.2) is 37.4 Å². The number of amidine groups is 1. The van der Waals surface area contributed by atoms with Gasteiger partial charge in [-0.1, -0.05) is 6.92 Å². The van der Waals surface area contributed by atoms with Crippen LogP contribution in [0.4, 0.5) is 0 Å². The van der Waals surface area contributed by atoms with E-state index in [1.54, 1.807) is 0 Å². The fourth-order valence-electron chi connectivity index (χ4n) is 0.954. The molecule has 0 bridgehead atoms. The summed E-state index contributed by atoms with van der Waals surface area (Å²) in [5.74, 6) is 0.739. The minimum absolute atomic E-state index is 0.739. The molecule has 0 aromatic heterocycles. The third kappa shape index (κ3) is 3.98. The molecule has 0 unspecified atom stereocenters. The first kappa shape index (κ1) is 10.4. The number of nitrogens with one attached hydrogen (secondary N) is 2. The van der Waals surface area contributed by atoms with Crippen molar-refractivity contribution in [3.05, 3.63) is 0 Å². The van der Waals surface area contributed by atoms with Gasteiger partial charge in [-0.05, 0) is 14.0 Å². The fraction of sp³-hybridized carbons (Fsp3) is 0.875. The van der Waals surface area contributed by atoms with Gasteiger partial charge in [-0.25, -0.2) is 0 Å². The van der Waals surface area contributed by atoms with Crippen molar-refractivity contribution < 1.29 is 0 Å². The molecular formula is C8H19N3. The van der Waals surface area contributed by atoms with Crippen LogP contribution in [0, 0.1) is 5.41 Å². The van der Waals surface area contributed by atoms with E-state index in [0.717, 1.165) is 31.9 Å². The van der Waals surface area contributed by atoms with Gasteiger partial charge >= 0.3 is 0 Å². The number of hydrogen-bond donors (Lipinski definition) is 2. The summed E-state index contributed by atoms with van der Waals surface area (Å²) >= 11 is 0. The van der Waals surface area contributed by atoms with Crippen molar-refractivity contribution in [3.8, 4) is 0 Å².